The maximum atomic E-state index is 11.6. The fraction of sp³-hybridized carbons (Fsp3) is 0.211. The first kappa shape index (κ1) is 16.7. The molecule has 128 valence electrons. The lowest BCUT2D eigenvalue weighted by atomic mass is 10.2. The average Bonchev–Trinajstić information content (AvgIpc) is 3.12. The number of nitrogens with zero attached hydrogens (tertiary/aromatic N) is 3. The van der Waals surface area contributed by atoms with Crippen molar-refractivity contribution in [2.45, 2.75) is 13.3 Å². The monoisotopic (exact) mass is 336 g/mol. The lowest BCUT2D eigenvalue weighted by Gasteiger charge is -2.06. The van der Waals surface area contributed by atoms with E-state index in [9.17, 15) is 4.79 Å². The molecule has 6 heteroatoms. The van der Waals surface area contributed by atoms with Gasteiger partial charge in [-0.2, -0.15) is 5.10 Å². The molecule has 0 unspecified atom stereocenters. The number of nitrogens with one attached hydrogen (secondary N) is 1. The maximum absolute atomic E-state index is 11.6. The Labute approximate surface area is 146 Å². The fourth-order valence-corrected chi connectivity index (χ4v) is 2.38. The summed E-state index contributed by atoms with van der Waals surface area (Å²) >= 11 is 0. The summed E-state index contributed by atoms with van der Waals surface area (Å²) in [6.45, 7) is 2.86. The van der Waals surface area contributed by atoms with E-state index in [0.717, 1.165) is 30.0 Å². The molecule has 0 fully saturated rings. The van der Waals surface area contributed by atoms with Gasteiger partial charge >= 0.3 is 5.97 Å². The molecule has 2 aromatic heterocycles. The predicted molar refractivity (Wildman–Crippen MR) is 96.0 cm³/mol. The highest BCUT2D eigenvalue weighted by Gasteiger charge is 2.06. The molecule has 6 nitrogen and oxygen atoms in total. The Morgan fingerprint density at radius 1 is 1.16 bits per heavy atom. The number of pyridine rings is 1. The van der Waals surface area contributed by atoms with E-state index in [0.29, 0.717) is 12.2 Å². The summed E-state index contributed by atoms with van der Waals surface area (Å²) < 4.78 is 6.80. The molecule has 2 heterocycles. The van der Waals surface area contributed by atoms with E-state index in [4.69, 9.17) is 4.74 Å². The van der Waals surface area contributed by atoms with Crippen LogP contribution in [0.25, 0.3) is 5.69 Å². The Morgan fingerprint density at radius 3 is 2.72 bits per heavy atom. The van der Waals surface area contributed by atoms with Crippen molar-refractivity contribution in [2.75, 3.05) is 18.5 Å². The standard InChI is InChI=1S/C19H20N4O2/c1-2-25-19(24)16-8-9-18(21-13-16)20-11-10-15-12-22-23(14-15)17-6-4-3-5-7-17/h3-9,12-14H,2,10-11H2,1H3,(H,20,21). The number of carbonyl (C=O) groups excluding carboxylic acids is 1. The summed E-state index contributed by atoms with van der Waals surface area (Å²) in [5.41, 5.74) is 2.63. The summed E-state index contributed by atoms with van der Waals surface area (Å²) in [6.07, 6.45) is 6.24. The molecule has 3 aromatic rings. The molecule has 1 aromatic carbocycles. The van der Waals surface area contributed by atoms with Crippen LogP contribution in [0, 0.1) is 0 Å². The van der Waals surface area contributed by atoms with Gasteiger partial charge in [-0.25, -0.2) is 14.5 Å². The Bertz CT molecular complexity index is 813. The van der Waals surface area contributed by atoms with Gasteiger partial charge in [0.1, 0.15) is 5.82 Å². The molecule has 0 aliphatic heterocycles. The van der Waals surface area contributed by atoms with Crippen LogP contribution < -0.4 is 5.32 Å². The maximum Gasteiger partial charge on any atom is 0.339 e. The van der Waals surface area contributed by atoms with Crippen LogP contribution in [0.5, 0.6) is 0 Å². The van der Waals surface area contributed by atoms with Crippen LogP contribution >= 0.6 is 0 Å². The van der Waals surface area contributed by atoms with Crippen LogP contribution in [-0.4, -0.2) is 33.9 Å². The number of hydrogen-bond donors (Lipinski definition) is 1. The van der Waals surface area contributed by atoms with Crippen molar-refractivity contribution in [1.29, 1.82) is 0 Å². The van der Waals surface area contributed by atoms with E-state index < -0.39 is 0 Å². The first-order valence-corrected chi connectivity index (χ1v) is 8.22. The van der Waals surface area contributed by atoms with E-state index in [1.54, 1.807) is 19.1 Å². The second-order valence-corrected chi connectivity index (χ2v) is 5.46. The van der Waals surface area contributed by atoms with Gasteiger partial charge in [0.25, 0.3) is 0 Å². The van der Waals surface area contributed by atoms with Crippen LogP contribution in [0.1, 0.15) is 22.8 Å². The largest absolute Gasteiger partial charge is 0.462 e. The van der Waals surface area contributed by atoms with Crippen LogP contribution in [0.3, 0.4) is 0 Å². The molecule has 0 spiro atoms. The smallest absolute Gasteiger partial charge is 0.339 e. The van der Waals surface area contributed by atoms with E-state index in [-0.39, 0.29) is 5.97 Å². The van der Waals surface area contributed by atoms with Crippen LogP contribution in [-0.2, 0) is 11.2 Å². The summed E-state index contributed by atoms with van der Waals surface area (Å²) in [6, 6.07) is 13.5. The lowest BCUT2D eigenvalue weighted by molar-refractivity contribution is 0.0526. The topological polar surface area (TPSA) is 69.0 Å². The van der Waals surface area contributed by atoms with Crippen molar-refractivity contribution in [1.82, 2.24) is 14.8 Å². The molecule has 0 radical (unpaired) electrons. The van der Waals surface area contributed by atoms with E-state index in [2.05, 4.69) is 15.4 Å². The minimum absolute atomic E-state index is 0.352. The number of ether oxygens (including phenoxy) is 1. The molecular weight excluding hydrogens is 316 g/mol. The first-order valence-electron chi connectivity index (χ1n) is 8.22. The van der Waals surface area contributed by atoms with Crippen LogP contribution in [0.4, 0.5) is 5.82 Å². The van der Waals surface area contributed by atoms with E-state index >= 15 is 0 Å². The van der Waals surface area contributed by atoms with Crippen molar-refractivity contribution in [3.05, 3.63) is 72.2 Å². The molecule has 0 bridgehead atoms. The van der Waals surface area contributed by atoms with Gasteiger partial charge in [-0.05, 0) is 43.2 Å². The normalized spacial score (nSPS) is 10.4. The summed E-state index contributed by atoms with van der Waals surface area (Å²) in [4.78, 5) is 15.8. The second kappa shape index (κ2) is 8.10. The number of rotatable bonds is 7. The fourth-order valence-electron chi connectivity index (χ4n) is 2.38. The van der Waals surface area contributed by atoms with Crippen molar-refractivity contribution >= 4 is 11.8 Å². The molecule has 0 saturated heterocycles. The van der Waals surface area contributed by atoms with Crippen molar-refractivity contribution in [3.63, 3.8) is 0 Å². The highest BCUT2D eigenvalue weighted by Crippen LogP contribution is 2.09. The summed E-state index contributed by atoms with van der Waals surface area (Å²) in [5.74, 6) is 0.373. The van der Waals surface area contributed by atoms with Gasteiger partial charge in [-0.3, -0.25) is 0 Å². The summed E-state index contributed by atoms with van der Waals surface area (Å²) in [7, 11) is 0. The van der Waals surface area contributed by atoms with Gasteiger partial charge in [-0.1, -0.05) is 18.2 Å². The lowest BCUT2D eigenvalue weighted by Crippen LogP contribution is -2.08. The molecule has 1 N–H and O–H groups in total. The number of esters is 1. The Kier molecular flexibility index (Phi) is 5.41. The third kappa shape index (κ3) is 4.44. The van der Waals surface area contributed by atoms with Gasteiger partial charge in [0.05, 0.1) is 24.1 Å². The number of benzene rings is 1. The zero-order valence-corrected chi connectivity index (χ0v) is 14.1. The third-order valence-electron chi connectivity index (χ3n) is 3.65. The summed E-state index contributed by atoms with van der Waals surface area (Å²) in [5, 5.41) is 7.62. The van der Waals surface area contributed by atoms with Gasteiger partial charge < -0.3 is 10.1 Å². The van der Waals surface area contributed by atoms with Gasteiger partial charge in [-0.15, -0.1) is 0 Å². The van der Waals surface area contributed by atoms with Gasteiger partial charge in [0, 0.05) is 18.9 Å². The first-order chi connectivity index (χ1) is 12.3. The number of carbonyl (C=O) groups is 1. The van der Waals surface area contributed by atoms with Crippen molar-refractivity contribution in [3.8, 4) is 5.69 Å². The Balaban J connectivity index is 1.51. The molecule has 0 aliphatic carbocycles. The SMILES string of the molecule is CCOC(=O)c1ccc(NCCc2cnn(-c3ccccc3)c2)nc1. The number of aromatic nitrogens is 3. The second-order valence-electron chi connectivity index (χ2n) is 5.46. The quantitative estimate of drug-likeness (QED) is 0.672. The van der Waals surface area contributed by atoms with Crippen molar-refractivity contribution < 1.29 is 9.53 Å². The molecule has 25 heavy (non-hydrogen) atoms. The minimum Gasteiger partial charge on any atom is -0.462 e. The molecule has 0 aliphatic rings. The minimum atomic E-state index is -0.352. The Morgan fingerprint density at radius 2 is 2.00 bits per heavy atom. The van der Waals surface area contributed by atoms with Gasteiger partial charge in [0.2, 0.25) is 0 Å². The highest BCUT2D eigenvalue weighted by atomic mass is 16.5. The van der Waals surface area contributed by atoms with Crippen LogP contribution in [0.2, 0.25) is 0 Å². The number of para-hydroxylation sites is 1. The molecule has 0 saturated carbocycles. The zero-order valence-electron chi connectivity index (χ0n) is 14.1. The molecule has 0 amide bonds. The van der Waals surface area contributed by atoms with E-state index in [1.807, 2.05) is 47.4 Å². The van der Waals surface area contributed by atoms with E-state index in [1.165, 1.54) is 6.20 Å². The zero-order chi connectivity index (χ0) is 17.5. The molecule has 0 atom stereocenters. The van der Waals surface area contributed by atoms with Gasteiger partial charge in [0.15, 0.2) is 0 Å². The molecular formula is C19H20N4O2. The highest BCUT2D eigenvalue weighted by molar-refractivity contribution is 5.89. The molecule has 3 rings (SSSR count). The third-order valence-corrected chi connectivity index (χ3v) is 3.65. The van der Waals surface area contributed by atoms with Crippen LogP contribution in [0.15, 0.2) is 61.1 Å². The number of hydrogen-bond acceptors (Lipinski definition) is 5. The predicted octanol–water partition coefficient (Wildman–Crippen LogP) is 3.10. The number of anilines is 1. The van der Waals surface area contributed by atoms with Crippen molar-refractivity contribution in [2.24, 2.45) is 0 Å². The average molecular weight is 336 g/mol. The Hall–Kier alpha value is -3.15.